The molecule has 220 valence electrons. The minimum absolute atomic E-state index is 0.0124. The standard InChI is InChI=1S/C28H29FN6O7/c1-16(30-31-27(37)17-3-5-19(6-4-17)35(40)41)14-32-9-11-33(12-10-32)24-22(29)13-20-23(26(24)42-2)34(18-7-8-18)15-21(25(20)36)28(38)39/h3-6,13,15,18H,7-12,14H2,1-2H3,(H,31,37)(H,38,39)/b30-16+. The van der Waals surface area contributed by atoms with Gasteiger partial charge in [-0.1, -0.05) is 0 Å². The Labute approximate surface area is 238 Å². The summed E-state index contributed by atoms with van der Waals surface area (Å²) in [4.78, 5) is 51.2. The van der Waals surface area contributed by atoms with Gasteiger partial charge in [-0.3, -0.25) is 24.6 Å². The number of non-ortho nitro benzene ring substituents is 1. The van der Waals surface area contributed by atoms with Crippen molar-refractivity contribution in [1.82, 2.24) is 14.9 Å². The Kier molecular flexibility index (Phi) is 7.89. The SMILES string of the molecule is COc1c(N2CCN(C/C(C)=N/NC(=O)c3ccc([N+](=O)[O-])cc3)CC2)c(F)cc2c(=O)c(C(=O)O)cn(C3CC3)c12. The van der Waals surface area contributed by atoms with Gasteiger partial charge in [0, 0.05) is 68.4 Å². The van der Waals surface area contributed by atoms with Crippen LogP contribution in [0, 0.1) is 15.9 Å². The first kappa shape index (κ1) is 28.7. The highest BCUT2D eigenvalue weighted by Crippen LogP contribution is 2.43. The number of nitrogens with one attached hydrogen (secondary N) is 1. The van der Waals surface area contributed by atoms with Crippen LogP contribution in [0.2, 0.25) is 0 Å². The summed E-state index contributed by atoms with van der Waals surface area (Å²) >= 11 is 0. The largest absolute Gasteiger partial charge is 0.492 e. The van der Waals surface area contributed by atoms with E-state index in [-0.39, 0.29) is 34.1 Å². The molecule has 0 bridgehead atoms. The molecule has 3 aromatic rings. The van der Waals surface area contributed by atoms with Crippen molar-refractivity contribution in [2.45, 2.75) is 25.8 Å². The number of piperazine rings is 1. The Bertz CT molecular complexity index is 1660. The van der Waals surface area contributed by atoms with Crippen molar-refractivity contribution in [3.05, 3.63) is 73.8 Å². The number of carboxylic acid groups (broad SMARTS) is 1. The number of carbonyl (C=O) groups excluding carboxylic acids is 1. The molecule has 2 N–H and O–H groups in total. The number of hydrogen-bond donors (Lipinski definition) is 2. The summed E-state index contributed by atoms with van der Waals surface area (Å²) in [5, 5.41) is 24.4. The normalized spacial score (nSPS) is 16.0. The highest BCUT2D eigenvalue weighted by atomic mass is 19.1. The second-order valence-corrected chi connectivity index (χ2v) is 10.3. The molecule has 2 heterocycles. The molecule has 1 amide bonds. The number of fused-ring (bicyclic) bond motifs is 1. The fourth-order valence-electron chi connectivity index (χ4n) is 5.16. The molecular weight excluding hydrogens is 551 g/mol. The summed E-state index contributed by atoms with van der Waals surface area (Å²) < 4.78 is 23.0. The molecule has 2 aliphatic rings. The number of anilines is 1. The van der Waals surface area contributed by atoms with Crippen molar-refractivity contribution in [3.8, 4) is 5.75 Å². The lowest BCUT2D eigenvalue weighted by molar-refractivity contribution is -0.384. The van der Waals surface area contributed by atoms with Crippen LogP contribution in [0.5, 0.6) is 5.75 Å². The molecule has 0 atom stereocenters. The van der Waals surface area contributed by atoms with Crippen LogP contribution in [0.25, 0.3) is 10.9 Å². The summed E-state index contributed by atoms with van der Waals surface area (Å²) in [5.41, 5.74) is 2.67. The number of ether oxygens (including phenoxy) is 1. The first-order chi connectivity index (χ1) is 20.1. The molecule has 13 nitrogen and oxygen atoms in total. The van der Waals surface area contributed by atoms with E-state index in [4.69, 9.17) is 4.74 Å². The van der Waals surface area contributed by atoms with Crippen molar-refractivity contribution in [1.29, 1.82) is 0 Å². The summed E-state index contributed by atoms with van der Waals surface area (Å²) in [6.07, 6.45) is 2.97. The van der Waals surface area contributed by atoms with Gasteiger partial charge in [0.05, 0.1) is 22.9 Å². The highest BCUT2D eigenvalue weighted by Gasteiger charge is 2.32. The van der Waals surface area contributed by atoms with Gasteiger partial charge in [-0.25, -0.2) is 14.6 Å². The number of aromatic carboxylic acids is 1. The quantitative estimate of drug-likeness (QED) is 0.220. The number of nitro benzene ring substituents is 1. The molecular formula is C28H29FN6O7. The zero-order valence-electron chi connectivity index (χ0n) is 23.0. The predicted octanol–water partition coefficient (Wildman–Crippen LogP) is 3.02. The Hall–Kier alpha value is -4.85. The third-order valence-electron chi connectivity index (χ3n) is 7.40. The number of nitro groups is 1. The van der Waals surface area contributed by atoms with Gasteiger partial charge in [-0.05, 0) is 38.0 Å². The van der Waals surface area contributed by atoms with E-state index in [1.807, 2.05) is 4.90 Å². The Morgan fingerprint density at radius 3 is 2.43 bits per heavy atom. The van der Waals surface area contributed by atoms with Gasteiger partial charge in [0.2, 0.25) is 5.43 Å². The fourth-order valence-corrected chi connectivity index (χ4v) is 5.16. The molecule has 0 spiro atoms. The van der Waals surface area contributed by atoms with Gasteiger partial charge >= 0.3 is 5.97 Å². The Morgan fingerprint density at radius 1 is 1.19 bits per heavy atom. The molecule has 1 saturated heterocycles. The number of carboxylic acids is 1. The second-order valence-electron chi connectivity index (χ2n) is 10.3. The van der Waals surface area contributed by atoms with Gasteiger partial charge in [0.15, 0.2) is 11.6 Å². The average molecular weight is 581 g/mol. The number of halogens is 1. The maximum Gasteiger partial charge on any atom is 0.341 e. The van der Waals surface area contributed by atoms with Crippen molar-refractivity contribution in [3.63, 3.8) is 0 Å². The Morgan fingerprint density at radius 2 is 1.86 bits per heavy atom. The van der Waals surface area contributed by atoms with E-state index in [2.05, 4.69) is 15.4 Å². The predicted molar refractivity (Wildman–Crippen MR) is 152 cm³/mol. The van der Waals surface area contributed by atoms with E-state index < -0.39 is 33.6 Å². The molecule has 0 radical (unpaired) electrons. The van der Waals surface area contributed by atoms with Crippen LogP contribution in [0.3, 0.4) is 0 Å². The number of benzene rings is 2. The fraction of sp³-hybridized carbons (Fsp3) is 0.357. The van der Waals surface area contributed by atoms with E-state index >= 15 is 4.39 Å². The van der Waals surface area contributed by atoms with E-state index in [0.29, 0.717) is 44.0 Å². The van der Waals surface area contributed by atoms with E-state index in [1.54, 1.807) is 11.5 Å². The van der Waals surface area contributed by atoms with Crippen LogP contribution in [0.1, 0.15) is 46.5 Å². The highest BCUT2D eigenvalue weighted by molar-refractivity contribution is 5.97. The van der Waals surface area contributed by atoms with E-state index in [0.717, 1.165) is 18.9 Å². The van der Waals surface area contributed by atoms with Crippen LogP contribution < -0.4 is 20.5 Å². The van der Waals surface area contributed by atoms with Gasteiger partial charge in [0.1, 0.15) is 11.3 Å². The molecule has 14 heteroatoms. The maximum atomic E-state index is 15.6. The number of hydrogen-bond acceptors (Lipinski definition) is 9. The van der Waals surface area contributed by atoms with Gasteiger partial charge in [-0.15, -0.1) is 0 Å². The maximum absolute atomic E-state index is 15.6. The number of methoxy groups -OCH3 is 1. The number of nitrogens with zero attached hydrogens (tertiary/aromatic N) is 5. The molecule has 2 fully saturated rings. The van der Waals surface area contributed by atoms with Crippen molar-refractivity contribution in [2.24, 2.45) is 5.10 Å². The minimum atomic E-state index is -1.36. The van der Waals surface area contributed by atoms with Crippen molar-refractivity contribution < 1.29 is 28.7 Å². The number of pyridine rings is 1. The first-order valence-corrected chi connectivity index (χ1v) is 13.3. The van der Waals surface area contributed by atoms with Crippen LogP contribution in [-0.2, 0) is 0 Å². The lowest BCUT2D eigenvalue weighted by Crippen LogP contribution is -2.48. The monoisotopic (exact) mass is 580 g/mol. The van der Waals surface area contributed by atoms with Crippen LogP contribution in [0.4, 0.5) is 15.8 Å². The topological polar surface area (TPSA) is 160 Å². The van der Waals surface area contributed by atoms with Crippen molar-refractivity contribution >= 4 is 39.9 Å². The zero-order valence-corrected chi connectivity index (χ0v) is 23.0. The Balaban J connectivity index is 1.29. The molecule has 1 saturated carbocycles. The number of hydrazone groups is 1. The van der Waals surface area contributed by atoms with Gasteiger partial charge in [-0.2, -0.15) is 5.10 Å². The average Bonchev–Trinajstić information content (AvgIpc) is 3.82. The van der Waals surface area contributed by atoms with Crippen LogP contribution in [0.15, 0.2) is 46.4 Å². The smallest absolute Gasteiger partial charge is 0.341 e. The summed E-state index contributed by atoms with van der Waals surface area (Å²) in [7, 11) is 1.41. The third kappa shape index (κ3) is 5.65. The molecule has 5 rings (SSSR count). The zero-order chi connectivity index (χ0) is 30.1. The van der Waals surface area contributed by atoms with Crippen molar-refractivity contribution in [2.75, 3.05) is 44.7 Å². The van der Waals surface area contributed by atoms with Crippen LogP contribution >= 0.6 is 0 Å². The molecule has 0 unspecified atom stereocenters. The number of rotatable bonds is 9. The number of aromatic nitrogens is 1. The lowest BCUT2D eigenvalue weighted by atomic mass is 10.1. The van der Waals surface area contributed by atoms with Crippen LogP contribution in [-0.4, -0.2) is 76.9 Å². The molecule has 1 aromatic heterocycles. The molecule has 1 aliphatic carbocycles. The minimum Gasteiger partial charge on any atom is -0.492 e. The van der Waals surface area contributed by atoms with Gasteiger partial charge in [0.25, 0.3) is 11.6 Å². The summed E-state index contributed by atoms with van der Waals surface area (Å²) in [6.45, 7) is 4.21. The third-order valence-corrected chi connectivity index (χ3v) is 7.40. The second kappa shape index (κ2) is 11.6. The number of carbonyl (C=O) groups is 2. The molecule has 1 aliphatic heterocycles. The summed E-state index contributed by atoms with van der Waals surface area (Å²) in [5.74, 6) is -2.32. The number of amides is 1. The molecule has 42 heavy (non-hydrogen) atoms. The van der Waals surface area contributed by atoms with E-state index in [1.165, 1.54) is 37.6 Å². The first-order valence-electron chi connectivity index (χ1n) is 13.3. The lowest BCUT2D eigenvalue weighted by Gasteiger charge is -2.37. The van der Waals surface area contributed by atoms with Gasteiger partial charge < -0.3 is 19.3 Å². The molecule has 2 aromatic carbocycles. The van der Waals surface area contributed by atoms with E-state index in [9.17, 15) is 29.6 Å². The summed E-state index contributed by atoms with van der Waals surface area (Å²) in [6, 6.07) is 6.32.